The Labute approximate surface area is 119 Å². The van der Waals surface area contributed by atoms with Gasteiger partial charge in [0.05, 0.1) is 6.54 Å². The highest BCUT2D eigenvalue weighted by Gasteiger charge is 2.23. The van der Waals surface area contributed by atoms with Crippen LogP contribution in [0.1, 0.15) is 16.1 Å². The molecule has 3 rings (SSSR count). The highest BCUT2D eigenvalue weighted by atomic mass is 16.4. The predicted molar refractivity (Wildman–Crippen MR) is 72.5 cm³/mol. The number of imidazole rings is 1. The Kier molecular flexibility index (Phi) is 3.19. The smallest absolute Gasteiger partial charge is 0.358 e. The van der Waals surface area contributed by atoms with Gasteiger partial charge in [0, 0.05) is 31.8 Å². The lowest BCUT2D eigenvalue weighted by Gasteiger charge is -2.07. The number of nitrogens with zero attached hydrogens (tertiary/aromatic N) is 6. The van der Waals surface area contributed by atoms with E-state index >= 15 is 0 Å². The quantitative estimate of drug-likeness (QED) is 0.761. The zero-order chi connectivity index (χ0) is 14.8. The van der Waals surface area contributed by atoms with E-state index in [9.17, 15) is 9.90 Å². The fourth-order valence-electron chi connectivity index (χ4n) is 2.05. The summed E-state index contributed by atoms with van der Waals surface area (Å²) in [6, 6.07) is 3.70. The van der Waals surface area contributed by atoms with Crippen molar-refractivity contribution < 1.29 is 9.90 Å². The van der Waals surface area contributed by atoms with Gasteiger partial charge < -0.3 is 9.67 Å². The molecule has 8 nitrogen and oxygen atoms in total. The van der Waals surface area contributed by atoms with Gasteiger partial charge in [-0.25, -0.2) is 14.5 Å². The number of aromatic nitrogens is 6. The van der Waals surface area contributed by atoms with Crippen molar-refractivity contribution in [1.29, 1.82) is 0 Å². The number of pyridine rings is 1. The summed E-state index contributed by atoms with van der Waals surface area (Å²) in [5.41, 5.74) is 1.15. The lowest BCUT2D eigenvalue weighted by atomic mass is 10.2. The van der Waals surface area contributed by atoms with Gasteiger partial charge in [0.2, 0.25) is 5.69 Å². The highest BCUT2D eigenvalue weighted by Crippen LogP contribution is 2.21. The molecule has 0 spiro atoms. The Bertz CT molecular complexity index is 777. The van der Waals surface area contributed by atoms with E-state index in [-0.39, 0.29) is 5.69 Å². The molecular formula is C13H12N6O2. The summed E-state index contributed by atoms with van der Waals surface area (Å²) in [7, 11) is 1.79. The van der Waals surface area contributed by atoms with Gasteiger partial charge in [-0.15, -0.1) is 5.10 Å². The number of hydrogen-bond acceptors (Lipinski definition) is 5. The van der Waals surface area contributed by atoms with Crippen LogP contribution in [0.2, 0.25) is 0 Å². The SMILES string of the molecule is Cn1ccnc1-c1c(C(=O)O)nnn1Cc1cccnc1. The van der Waals surface area contributed by atoms with Crippen LogP contribution in [-0.4, -0.2) is 40.6 Å². The average molecular weight is 284 g/mol. The van der Waals surface area contributed by atoms with Crippen molar-refractivity contribution in [2.24, 2.45) is 7.05 Å². The van der Waals surface area contributed by atoms with Gasteiger partial charge in [-0.2, -0.15) is 0 Å². The van der Waals surface area contributed by atoms with Crippen molar-refractivity contribution in [3.63, 3.8) is 0 Å². The first kappa shape index (κ1) is 13.0. The molecule has 0 amide bonds. The summed E-state index contributed by atoms with van der Waals surface area (Å²) in [5.74, 6) is -0.633. The predicted octanol–water partition coefficient (Wildman–Crippen LogP) is 0.820. The molecule has 0 atom stereocenters. The van der Waals surface area contributed by atoms with Crippen molar-refractivity contribution in [3.05, 3.63) is 48.2 Å². The van der Waals surface area contributed by atoms with Crippen LogP contribution >= 0.6 is 0 Å². The molecule has 0 aromatic carbocycles. The van der Waals surface area contributed by atoms with Gasteiger partial charge in [-0.3, -0.25) is 4.98 Å². The van der Waals surface area contributed by atoms with Crippen molar-refractivity contribution >= 4 is 5.97 Å². The zero-order valence-corrected chi connectivity index (χ0v) is 11.2. The Balaban J connectivity index is 2.10. The third kappa shape index (κ3) is 2.38. The molecule has 0 unspecified atom stereocenters. The number of hydrogen-bond donors (Lipinski definition) is 1. The van der Waals surface area contributed by atoms with Crippen molar-refractivity contribution in [2.75, 3.05) is 0 Å². The lowest BCUT2D eigenvalue weighted by Crippen LogP contribution is -2.09. The van der Waals surface area contributed by atoms with Crippen LogP contribution in [0.15, 0.2) is 36.9 Å². The molecule has 3 aromatic rings. The molecule has 0 radical (unpaired) electrons. The Morgan fingerprint density at radius 2 is 2.24 bits per heavy atom. The zero-order valence-electron chi connectivity index (χ0n) is 11.2. The van der Waals surface area contributed by atoms with Crippen LogP contribution in [0, 0.1) is 0 Å². The lowest BCUT2D eigenvalue weighted by molar-refractivity contribution is 0.0691. The van der Waals surface area contributed by atoms with Gasteiger partial charge in [0.25, 0.3) is 0 Å². The fraction of sp³-hybridized carbons (Fsp3) is 0.154. The van der Waals surface area contributed by atoms with E-state index in [1.165, 1.54) is 4.68 Å². The number of aromatic carboxylic acids is 1. The third-order valence-electron chi connectivity index (χ3n) is 3.03. The Morgan fingerprint density at radius 3 is 2.86 bits per heavy atom. The summed E-state index contributed by atoms with van der Waals surface area (Å²) in [6.45, 7) is 0.371. The summed E-state index contributed by atoms with van der Waals surface area (Å²) < 4.78 is 3.24. The van der Waals surface area contributed by atoms with Gasteiger partial charge >= 0.3 is 5.97 Å². The molecule has 0 saturated carbocycles. The van der Waals surface area contributed by atoms with Crippen LogP contribution in [0.4, 0.5) is 0 Å². The minimum Gasteiger partial charge on any atom is -0.476 e. The molecule has 0 aliphatic heterocycles. The summed E-state index contributed by atoms with van der Waals surface area (Å²) >= 11 is 0. The molecule has 106 valence electrons. The van der Waals surface area contributed by atoms with E-state index in [1.807, 2.05) is 12.1 Å². The summed E-state index contributed by atoms with van der Waals surface area (Å²) in [5, 5.41) is 17.0. The maximum Gasteiger partial charge on any atom is 0.358 e. The topological polar surface area (TPSA) is 98.7 Å². The first-order chi connectivity index (χ1) is 10.2. The van der Waals surface area contributed by atoms with Gasteiger partial charge in [-0.05, 0) is 11.6 Å². The molecule has 0 aliphatic carbocycles. The number of carboxylic acid groups (broad SMARTS) is 1. The minimum atomic E-state index is -1.13. The van der Waals surface area contributed by atoms with E-state index in [1.54, 1.807) is 36.4 Å². The maximum atomic E-state index is 11.3. The number of aryl methyl sites for hydroxylation is 1. The second-order valence-electron chi connectivity index (χ2n) is 4.47. The largest absolute Gasteiger partial charge is 0.476 e. The van der Waals surface area contributed by atoms with Gasteiger partial charge in [0.1, 0.15) is 5.69 Å². The molecule has 3 heterocycles. The number of carbonyl (C=O) groups is 1. The molecular weight excluding hydrogens is 272 g/mol. The van der Waals surface area contributed by atoms with E-state index in [2.05, 4.69) is 20.3 Å². The number of carboxylic acids is 1. The summed E-state index contributed by atoms with van der Waals surface area (Å²) in [4.78, 5) is 19.5. The second-order valence-corrected chi connectivity index (χ2v) is 4.47. The molecule has 1 N–H and O–H groups in total. The van der Waals surface area contributed by atoms with Crippen molar-refractivity contribution in [3.8, 4) is 11.5 Å². The van der Waals surface area contributed by atoms with Crippen molar-refractivity contribution in [1.82, 2.24) is 29.5 Å². The second kappa shape index (κ2) is 5.16. The average Bonchev–Trinajstić information content (AvgIpc) is 3.06. The van der Waals surface area contributed by atoms with E-state index in [4.69, 9.17) is 0 Å². The van der Waals surface area contributed by atoms with Crippen LogP contribution < -0.4 is 0 Å². The van der Waals surface area contributed by atoms with Crippen LogP contribution in [0.3, 0.4) is 0 Å². The third-order valence-corrected chi connectivity index (χ3v) is 3.03. The van der Waals surface area contributed by atoms with Crippen molar-refractivity contribution in [2.45, 2.75) is 6.54 Å². The Hall–Kier alpha value is -3.03. The molecule has 8 heteroatoms. The first-order valence-corrected chi connectivity index (χ1v) is 6.20. The van der Waals surface area contributed by atoms with E-state index in [0.29, 0.717) is 18.1 Å². The number of rotatable bonds is 4. The van der Waals surface area contributed by atoms with E-state index < -0.39 is 5.97 Å². The molecule has 3 aromatic heterocycles. The monoisotopic (exact) mass is 284 g/mol. The first-order valence-electron chi connectivity index (χ1n) is 6.20. The normalized spacial score (nSPS) is 10.7. The minimum absolute atomic E-state index is 0.117. The maximum absolute atomic E-state index is 11.3. The van der Waals surface area contributed by atoms with Gasteiger partial charge in [-0.1, -0.05) is 11.3 Å². The van der Waals surface area contributed by atoms with Crippen LogP contribution in [0.25, 0.3) is 11.5 Å². The standard InChI is InChI=1S/C13H12N6O2/c1-18-6-5-15-12(18)11-10(13(20)21)16-17-19(11)8-9-3-2-4-14-7-9/h2-7H,8H2,1H3,(H,20,21). The molecule has 0 fully saturated rings. The molecule has 0 aliphatic rings. The molecule has 0 bridgehead atoms. The fourth-order valence-corrected chi connectivity index (χ4v) is 2.05. The molecule has 0 saturated heterocycles. The van der Waals surface area contributed by atoms with Gasteiger partial charge in [0.15, 0.2) is 5.82 Å². The van der Waals surface area contributed by atoms with E-state index in [0.717, 1.165) is 5.56 Å². The highest BCUT2D eigenvalue weighted by molar-refractivity contribution is 5.91. The van der Waals surface area contributed by atoms with Crippen LogP contribution in [-0.2, 0) is 13.6 Å². The summed E-state index contributed by atoms with van der Waals surface area (Å²) in [6.07, 6.45) is 6.71. The Morgan fingerprint density at radius 1 is 1.38 bits per heavy atom. The van der Waals surface area contributed by atoms with Crippen LogP contribution in [0.5, 0.6) is 0 Å². The molecule has 21 heavy (non-hydrogen) atoms.